The van der Waals surface area contributed by atoms with Crippen LogP contribution in [0.25, 0.3) is 0 Å². The van der Waals surface area contributed by atoms with Gasteiger partial charge in [-0.05, 0) is 43.2 Å². The number of aryl methyl sites for hydroxylation is 2. The molecule has 7 nitrogen and oxygen atoms in total. The zero-order valence-electron chi connectivity index (χ0n) is 17.7. The predicted octanol–water partition coefficient (Wildman–Crippen LogP) is 2.66. The van der Waals surface area contributed by atoms with Crippen LogP contribution in [0.2, 0.25) is 0 Å². The van der Waals surface area contributed by atoms with Crippen molar-refractivity contribution in [2.45, 2.75) is 20.8 Å². The summed E-state index contributed by atoms with van der Waals surface area (Å²) in [7, 11) is 0. The van der Waals surface area contributed by atoms with Crippen molar-refractivity contribution in [3.8, 4) is 0 Å². The largest absolute Gasteiger partial charge is 0.336 e. The van der Waals surface area contributed by atoms with Crippen LogP contribution in [0, 0.1) is 13.8 Å². The molecule has 0 bridgehead atoms. The third-order valence-electron chi connectivity index (χ3n) is 5.20. The number of carbonyl (C=O) groups is 3. The molecule has 0 radical (unpaired) electrons. The first kappa shape index (κ1) is 21.5. The summed E-state index contributed by atoms with van der Waals surface area (Å²) in [5.74, 6) is -0.288. The molecule has 0 atom stereocenters. The molecular formula is C23H28N4O3. The molecular weight excluding hydrogens is 380 g/mol. The van der Waals surface area contributed by atoms with E-state index in [1.165, 1.54) is 6.92 Å². The first-order chi connectivity index (χ1) is 14.3. The maximum absolute atomic E-state index is 12.8. The lowest BCUT2D eigenvalue weighted by Gasteiger charge is -2.34. The van der Waals surface area contributed by atoms with E-state index in [1.54, 1.807) is 29.2 Å². The maximum Gasteiger partial charge on any atom is 0.254 e. The van der Waals surface area contributed by atoms with Gasteiger partial charge in [0.2, 0.25) is 11.8 Å². The van der Waals surface area contributed by atoms with Crippen molar-refractivity contribution in [1.29, 1.82) is 0 Å². The fourth-order valence-corrected chi connectivity index (χ4v) is 3.62. The number of hydrogen-bond acceptors (Lipinski definition) is 4. The minimum absolute atomic E-state index is 0.0461. The molecule has 3 rings (SSSR count). The van der Waals surface area contributed by atoms with E-state index in [9.17, 15) is 14.4 Å². The number of hydrogen-bond donors (Lipinski definition) is 2. The van der Waals surface area contributed by atoms with Gasteiger partial charge in [-0.2, -0.15) is 0 Å². The van der Waals surface area contributed by atoms with Crippen molar-refractivity contribution in [3.63, 3.8) is 0 Å². The molecule has 0 unspecified atom stereocenters. The highest BCUT2D eigenvalue weighted by atomic mass is 16.2. The number of benzene rings is 2. The summed E-state index contributed by atoms with van der Waals surface area (Å²) in [5, 5.41) is 5.71. The van der Waals surface area contributed by atoms with Gasteiger partial charge < -0.3 is 15.5 Å². The molecule has 2 N–H and O–H groups in total. The molecule has 0 saturated carbocycles. The van der Waals surface area contributed by atoms with Crippen molar-refractivity contribution >= 4 is 29.1 Å². The Bertz CT molecular complexity index is 929. The Morgan fingerprint density at radius 2 is 1.53 bits per heavy atom. The first-order valence-electron chi connectivity index (χ1n) is 10.1. The van der Waals surface area contributed by atoms with Crippen LogP contribution in [0.1, 0.15) is 28.4 Å². The SMILES string of the molecule is CC(=O)Nc1cccc(C(=O)N2CCN(CC(=O)Nc3c(C)cccc3C)CC2)c1. The van der Waals surface area contributed by atoms with E-state index < -0.39 is 0 Å². The highest BCUT2D eigenvalue weighted by Crippen LogP contribution is 2.19. The minimum Gasteiger partial charge on any atom is -0.336 e. The van der Waals surface area contributed by atoms with Crippen LogP contribution in [0.4, 0.5) is 11.4 Å². The van der Waals surface area contributed by atoms with Crippen molar-refractivity contribution in [2.75, 3.05) is 43.4 Å². The van der Waals surface area contributed by atoms with Gasteiger partial charge in [-0.15, -0.1) is 0 Å². The minimum atomic E-state index is -0.174. The van der Waals surface area contributed by atoms with E-state index >= 15 is 0 Å². The maximum atomic E-state index is 12.8. The molecule has 1 saturated heterocycles. The topological polar surface area (TPSA) is 81.8 Å². The quantitative estimate of drug-likeness (QED) is 0.797. The standard InChI is InChI=1S/C23H28N4O3/c1-16-6-4-7-17(2)22(16)25-21(29)15-26-10-12-27(13-11-26)23(30)19-8-5-9-20(14-19)24-18(3)28/h4-9,14H,10-13,15H2,1-3H3,(H,24,28)(H,25,29). The van der Waals surface area contributed by atoms with Crippen LogP contribution in [-0.2, 0) is 9.59 Å². The Kier molecular flexibility index (Phi) is 6.84. The average molecular weight is 409 g/mol. The molecule has 1 aliphatic rings. The highest BCUT2D eigenvalue weighted by molar-refractivity contribution is 5.97. The second kappa shape index (κ2) is 9.54. The Morgan fingerprint density at radius 1 is 0.900 bits per heavy atom. The van der Waals surface area contributed by atoms with E-state index in [0.29, 0.717) is 44.0 Å². The molecule has 2 aromatic rings. The van der Waals surface area contributed by atoms with Crippen molar-refractivity contribution < 1.29 is 14.4 Å². The Balaban J connectivity index is 1.53. The third kappa shape index (κ3) is 5.45. The molecule has 158 valence electrons. The lowest BCUT2D eigenvalue weighted by Crippen LogP contribution is -2.50. The molecule has 7 heteroatoms. The lowest BCUT2D eigenvalue weighted by atomic mass is 10.1. The van der Waals surface area contributed by atoms with Crippen LogP contribution < -0.4 is 10.6 Å². The van der Waals surface area contributed by atoms with E-state index in [0.717, 1.165) is 16.8 Å². The fourth-order valence-electron chi connectivity index (χ4n) is 3.62. The van der Waals surface area contributed by atoms with E-state index in [-0.39, 0.29) is 17.7 Å². The Morgan fingerprint density at radius 3 is 2.17 bits per heavy atom. The number of nitrogens with one attached hydrogen (secondary N) is 2. The second-order valence-corrected chi connectivity index (χ2v) is 7.65. The van der Waals surface area contributed by atoms with Crippen molar-refractivity contribution in [3.05, 3.63) is 59.2 Å². The van der Waals surface area contributed by atoms with Gasteiger partial charge in [-0.25, -0.2) is 0 Å². The second-order valence-electron chi connectivity index (χ2n) is 7.65. The van der Waals surface area contributed by atoms with E-state index in [2.05, 4.69) is 15.5 Å². The number of anilines is 2. The normalized spacial score (nSPS) is 14.3. The van der Waals surface area contributed by atoms with Crippen LogP contribution in [0.5, 0.6) is 0 Å². The smallest absolute Gasteiger partial charge is 0.254 e. The summed E-state index contributed by atoms with van der Waals surface area (Å²) in [6.45, 7) is 8.08. The van der Waals surface area contributed by atoms with E-state index in [1.807, 2.05) is 32.0 Å². The van der Waals surface area contributed by atoms with Crippen LogP contribution in [0.15, 0.2) is 42.5 Å². The van der Waals surface area contributed by atoms with Crippen LogP contribution in [0.3, 0.4) is 0 Å². The molecule has 3 amide bonds. The van der Waals surface area contributed by atoms with Gasteiger partial charge in [0.05, 0.1) is 6.54 Å². The lowest BCUT2D eigenvalue weighted by molar-refractivity contribution is -0.117. The van der Waals surface area contributed by atoms with E-state index in [4.69, 9.17) is 0 Å². The Hall–Kier alpha value is -3.19. The van der Waals surface area contributed by atoms with Gasteiger partial charge >= 0.3 is 0 Å². The summed E-state index contributed by atoms with van der Waals surface area (Å²) < 4.78 is 0. The van der Waals surface area contributed by atoms with Gasteiger partial charge in [0, 0.05) is 50.0 Å². The number of rotatable bonds is 5. The van der Waals surface area contributed by atoms with Gasteiger partial charge in [0.1, 0.15) is 0 Å². The predicted molar refractivity (Wildman–Crippen MR) is 118 cm³/mol. The Labute approximate surface area is 177 Å². The molecule has 2 aromatic carbocycles. The summed E-state index contributed by atoms with van der Waals surface area (Å²) >= 11 is 0. The first-order valence-corrected chi connectivity index (χ1v) is 10.1. The molecule has 1 aliphatic heterocycles. The summed E-state index contributed by atoms with van der Waals surface area (Å²) in [6, 6.07) is 12.9. The number of amides is 3. The highest BCUT2D eigenvalue weighted by Gasteiger charge is 2.23. The van der Waals surface area contributed by atoms with Crippen LogP contribution >= 0.6 is 0 Å². The van der Waals surface area contributed by atoms with Crippen molar-refractivity contribution in [1.82, 2.24) is 9.80 Å². The number of piperazine rings is 1. The molecule has 1 fully saturated rings. The van der Waals surface area contributed by atoms with Gasteiger partial charge in [-0.3, -0.25) is 19.3 Å². The average Bonchev–Trinajstić information content (AvgIpc) is 2.70. The zero-order chi connectivity index (χ0) is 21.7. The number of carbonyl (C=O) groups excluding carboxylic acids is 3. The molecule has 30 heavy (non-hydrogen) atoms. The third-order valence-corrected chi connectivity index (χ3v) is 5.20. The van der Waals surface area contributed by atoms with Crippen LogP contribution in [-0.4, -0.2) is 60.2 Å². The summed E-state index contributed by atoms with van der Waals surface area (Å²) in [6.07, 6.45) is 0. The van der Waals surface area contributed by atoms with Gasteiger partial charge in [0.25, 0.3) is 5.91 Å². The van der Waals surface area contributed by atoms with Crippen molar-refractivity contribution in [2.24, 2.45) is 0 Å². The fraction of sp³-hybridized carbons (Fsp3) is 0.348. The summed E-state index contributed by atoms with van der Waals surface area (Å²) in [5.41, 5.74) is 4.11. The monoisotopic (exact) mass is 408 g/mol. The molecule has 1 heterocycles. The van der Waals surface area contributed by atoms with Gasteiger partial charge in [0.15, 0.2) is 0 Å². The number of para-hydroxylation sites is 1. The molecule has 0 aliphatic carbocycles. The summed E-state index contributed by atoms with van der Waals surface area (Å²) in [4.78, 5) is 40.3. The molecule has 0 aromatic heterocycles. The molecule has 0 spiro atoms. The van der Waals surface area contributed by atoms with Gasteiger partial charge in [-0.1, -0.05) is 24.3 Å². The number of nitrogens with zero attached hydrogens (tertiary/aromatic N) is 2. The zero-order valence-corrected chi connectivity index (χ0v) is 17.7.